The molecule has 0 aliphatic heterocycles. The van der Waals surface area contributed by atoms with Crippen LogP contribution in [0.15, 0.2) is 42.5 Å². The van der Waals surface area contributed by atoms with Crippen LogP contribution in [-0.2, 0) is 0 Å². The van der Waals surface area contributed by atoms with Crippen LogP contribution in [-0.4, -0.2) is 10.9 Å². The summed E-state index contributed by atoms with van der Waals surface area (Å²) in [6, 6.07) is 11.5. The van der Waals surface area contributed by atoms with Gasteiger partial charge in [-0.2, -0.15) is 0 Å². The summed E-state index contributed by atoms with van der Waals surface area (Å²) in [5.74, 6) is 0.0920. The fraction of sp³-hybridized carbons (Fsp3) is 0.0714. The summed E-state index contributed by atoms with van der Waals surface area (Å²) in [6.07, 6.45) is 0. The first-order chi connectivity index (χ1) is 8.08. The third-order valence-electron chi connectivity index (χ3n) is 2.56. The van der Waals surface area contributed by atoms with Crippen molar-refractivity contribution in [2.75, 3.05) is 0 Å². The second kappa shape index (κ2) is 4.60. The van der Waals surface area contributed by atoms with Crippen LogP contribution in [0.25, 0.3) is 0 Å². The summed E-state index contributed by atoms with van der Waals surface area (Å²) in [5.41, 5.74) is 1.93. The Morgan fingerprint density at radius 1 is 1.12 bits per heavy atom. The molecule has 0 heterocycles. The Labute approximate surface area is 104 Å². The molecule has 0 aliphatic carbocycles. The maximum atomic E-state index is 12.2. The Balaban J connectivity index is 2.40. The highest BCUT2D eigenvalue weighted by Gasteiger charge is 2.11. The molecule has 0 amide bonds. The standard InChI is InChI=1S/C14H11ClO2/c1-9-8-12(16)6-7-13(9)14(17)10-2-4-11(15)5-3-10/h2-8,16H,1H3. The highest BCUT2D eigenvalue weighted by molar-refractivity contribution is 6.30. The molecule has 0 unspecified atom stereocenters. The quantitative estimate of drug-likeness (QED) is 0.823. The monoisotopic (exact) mass is 246 g/mol. The van der Waals surface area contributed by atoms with Gasteiger partial charge in [-0.15, -0.1) is 0 Å². The maximum absolute atomic E-state index is 12.2. The highest BCUT2D eigenvalue weighted by Crippen LogP contribution is 2.19. The van der Waals surface area contributed by atoms with Crippen molar-refractivity contribution in [1.82, 2.24) is 0 Å². The van der Waals surface area contributed by atoms with Gasteiger partial charge in [0.15, 0.2) is 5.78 Å². The van der Waals surface area contributed by atoms with Gasteiger partial charge in [0.25, 0.3) is 0 Å². The lowest BCUT2D eigenvalue weighted by molar-refractivity contribution is 0.103. The predicted octanol–water partition coefficient (Wildman–Crippen LogP) is 3.59. The number of aryl methyl sites for hydroxylation is 1. The van der Waals surface area contributed by atoms with E-state index in [0.717, 1.165) is 5.56 Å². The molecule has 0 aliphatic rings. The number of phenolic OH excluding ortho intramolecular Hbond substituents is 1. The summed E-state index contributed by atoms with van der Waals surface area (Å²) < 4.78 is 0. The molecule has 1 N–H and O–H groups in total. The molecule has 0 spiro atoms. The molecule has 0 fully saturated rings. The van der Waals surface area contributed by atoms with Gasteiger partial charge in [-0.3, -0.25) is 4.79 Å². The van der Waals surface area contributed by atoms with Crippen LogP contribution >= 0.6 is 11.6 Å². The molecule has 2 rings (SSSR count). The van der Waals surface area contributed by atoms with E-state index in [-0.39, 0.29) is 11.5 Å². The van der Waals surface area contributed by atoms with E-state index in [0.29, 0.717) is 16.1 Å². The van der Waals surface area contributed by atoms with Gasteiger partial charge in [0.1, 0.15) is 5.75 Å². The zero-order valence-corrected chi connectivity index (χ0v) is 10.0. The largest absolute Gasteiger partial charge is 0.508 e. The molecule has 3 heteroatoms. The minimum absolute atomic E-state index is 0.0702. The molecule has 2 aromatic carbocycles. The normalized spacial score (nSPS) is 10.2. The molecule has 86 valence electrons. The maximum Gasteiger partial charge on any atom is 0.193 e. The minimum Gasteiger partial charge on any atom is -0.508 e. The number of benzene rings is 2. The number of aromatic hydroxyl groups is 1. The van der Waals surface area contributed by atoms with Crippen LogP contribution in [0.5, 0.6) is 5.75 Å². The fourth-order valence-corrected chi connectivity index (χ4v) is 1.79. The van der Waals surface area contributed by atoms with Crippen molar-refractivity contribution in [3.63, 3.8) is 0 Å². The van der Waals surface area contributed by atoms with Crippen LogP contribution in [0.3, 0.4) is 0 Å². The molecular weight excluding hydrogens is 236 g/mol. The lowest BCUT2D eigenvalue weighted by Crippen LogP contribution is -2.03. The topological polar surface area (TPSA) is 37.3 Å². The second-order valence-corrected chi connectivity index (χ2v) is 4.27. The smallest absolute Gasteiger partial charge is 0.193 e. The van der Waals surface area contributed by atoms with Gasteiger partial charge in [-0.05, 0) is 55.0 Å². The predicted molar refractivity (Wildman–Crippen MR) is 67.7 cm³/mol. The highest BCUT2D eigenvalue weighted by atomic mass is 35.5. The molecule has 0 aromatic heterocycles. The van der Waals surface area contributed by atoms with Crippen molar-refractivity contribution in [2.45, 2.75) is 6.92 Å². The van der Waals surface area contributed by atoms with Gasteiger partial charge < -0.3 is 5.11 Å². The molecule has 0 saturated heterocycles. The van der Waals surface area contributed by atoms with E-state index in [1.165, 1.54) is 6.07 Å². The van der Waals surface area contributed by atoms with Crippen molar-refractivity contribution >= 4 is 17.4 Å². The molecular formula is C14H11ClO2. The lowest BCUT2D eigenvalue weighted by Gasteiger charge is -2.05. The summed E-state index contributed by atoms with van der Waals surface area (Å²) in [7, 11) is 0. The van der Waals surface area contributed by atoms with Crippen molar-refractivity contribution < 1.29 is 9.90 Å². The Bertz CT molecular complexity index is 559. The summed E-state index contributed by atoms with van der Waals surface area (Å²) >= 11 is 5.77. The van der Waals surface area contributed by atoms with E-state index in [2.05, 4.69) is 0 Å². The van der Waals surface area contributed by atoms with Crippen LogP contribution in [0.4, 0.5) is 0 Å². The summed E-state index contributed by atoms with van der Waals surface area (Å²) in [6.45, 7) is 1.79. The van der Waals surface area contributed by atoms with E-state index < -0.39 is 0 Å². The van der Waals surface area contributed by atoms with Crippen molar-refractivity contribution in [3.05, 3.63) is 64.2 Å². The van der Waals surface area contributed by atoms with Crippen LogP contribution in [0.1, 0.15) is 21.5 Å². The number of phenols is 1. The van der Waals surface area contributed by atoms with E-state index in [4.69, 9.17) is 11.6 Å². The van der Waals surface area contributed by atoms with Crippen molar-refractivity contribution in [1.29, 1.82) is 0 Å². The summed E-state index contributed by atoms with van der Waals surface area (Å²) in [5, 5.41) is 9.90. The number of carbonyl (C=O) groups is 1. The minimum atomic E-state index is -0.0702. The molecule has 2 aromatic rings. The van der Waals surface area contributed by atoms with E-state index in [1.807, 2.05) is 0 Å². The molecule has 2 nitrogen and oxygen atoms in total. The third kappa shape index (κ3) is 2.48. The van der Waals surface area contributed by atoms with Crippen LogP contribution in [0, 0.1) is 6.92 Å². The molecule has 17 heavy (non-hydrogen) atoms. The van der Waals surface area contributed by atoms with Crippen molar-refractivity contribution in [3.8, 4) is 5.75 Å². The number of ketones is 1. The zero-order chi connectivity index (χ0) is 12.4. The number of carbonyl (C=O) groups excluding carboxylic acids is 1. The van der Waals surface area contributed by atoms with E-state index in [1.54, 1.807) is 43.3 Å². The molecule has 0 radical (unpaired) electrons. The Morgan fingerprint density at radius 2 is 1.76 bits per heavy atom. The second-order valence-electron chi connectivity index (χ2n) is 3.84. The lowest BCUT2D eigenvalue weighted by atomic mass is 9.99. The van der Waals surface area contributed by atoms with Gasteiger partial charge in [0.2, 0.25) is 0 Å². The third-order valence-corrected chi connectivity index (χ3v) is 2.81. The van der Waals surface area contributed by atoms with Crippen LogP contribution < -0.4 is 0 Å². The van der Waals surface area contributed by atoms with Crippen molar-refractivity contribution in [2.24, 2.45) is 0 Å². The van der Waals surface area contributed by atoms with Gasteiger partial charge in [-0.1, -0.05) is 11.6 Å². The van der Waals surface area contributed by atoms with Gasteiger partial charge >= 0.3 is 0 Å². The Hall–Kier alpha value is -1.80. The first kappa shape index (κ1) is 11.7. The van der Waals surface area contributed by atoms with Gasteiger partial charge in [0.05, 0.1) is 0 Å². The zero-order valence-electron chi connectivity index (χ0n) is 9.27. The molecule has 0 saturated carbocycles. The first-order valence-electron chi connectivity index (χ1n) is 5.18. The number of rotatable bonds is 2. The number of halogens is 1. The summed E-state index contributed by atoms with van der Waals surface area (Å²) in [4.78, 5) is 12.2. The van der Waals surface area contributed by atoms with Gasteiger partial charge in [0, 0.05) is 16.1 Å². The average molecular weight is 247 g/mol. The van der Waals surface area contributed by atoms with Crippen LogP contribution in [0.2, 0.25) is 5.02 Å². The van der Waals surface area contributed by atoms with E-state index >= 15 is 0 Å². The van der Waals surface area contributed by atoms with E-state index in [9.17, 15) is 9.90 Å². The number of hydrogen-bond donors (Lipinski definition) is 1. The number of hydrogen-bond acceptors (Lipinski definition) is 2. The SMILES string of the molecule is Cc1cc(O)ccc1C(=O)c1ccc(Cl)cc1. The Kier molecular flexibility index (Phi) is 3.16. The molecule has 0 bridgehead atoms. The fourth-order valence-electron chi connectivity index (χ4n) is 1.66. The molecule has 0 atom stereocenters. The Morgan fingerprint density at radius 3 is 2.35 bits per heavy atom. The van der Waals surface area contributed by atoms with Gasteiger partial charge in [-0.25, -0.2) is 0 Å². The average Bonchev–Trinajstić information content (AvgIpc) is 2.29. The first-order valence-corrected chi connectivity index (χ1v) is 5.55.